The minimum Gasteiger partial charge on any atom is -0.379 e. The zero-order valence-corrected chi connectivity index (χ0v) is 16.2. The van der Waals surface area contributed by atoms with E-state index in [0.717, 1.165) is 0 Å². The predicted octanol–water partition coefficient (Wildman–Crippen LogP) is 1.37. The van der Waals surface area contributed by atoms with E-state index in [-0.39, 0.29) is 23.5 Å². The van der Waals surface area contributed by atoms with Crippen molar-refractivity contribution >= 4 is 27.5 Å². The maximum atomic E-state index is 12.8. The van der Waals surface area contributed by atoms with Crippen LogP contribution >= 0.6 is 0 Å². The van der Waals surface area contributed by atoms with Gasteiger partial charge in [-0.15, -0.1) is 0 Å². The Morgan fingerprint density at radius 3 is 2.46 bits per heavy atom. The molecular formula is C19H21N3O5S. The minimum absolute atomic E-state index is 0.0460. The number of nitrogens with zero attached hydrogens (tertiary/aromatic N) is 1. The van der Waals surface area contributed by atoms with Gasteiger partial charge in [-0.05, 0) is 42.8 Å². The summed E-state index contributed by atoms with van der Waals surface area (Å²) in [4.78, 5) is 24.2. The van der Waals surface area contributed by atoms with Gasteiger partial charge in [0.1, 0.15) is 0 Å². The molecule has 1 aliphatic heterocycles. The number of carbonyl (C=O) groups is 2. The first-order valence-corrected chi connectivity index (χ1v) is 10.1. The molecule has 8 nitrogen and oxygen atoms in total. The number of rotatable bonds is 5. The normalized spacial score (nSPS) is 15.2. The van der Waals surface area contributed by atoms with Gasteiger partial charge in [-0.3, -0.25) is 9.59 Å². The summed E-state index contributed by atoms with van der Waals surface area (Å²) in [5.41, 5.74) is 6.81. The molecule has 0 atom stereocenters. The molecule has 28 heavy (non-hydrogen) atoms. The molecule has 2 amide bonds. The number of hydrogen-bond donors (Lipinski definition) is 2. The Hall–Kier alpha value is -2.75. The average Bonchev–Trinajstić information content (AvgIpc) is 2.70. The summed E-state index contributed by atoms with van der Waals surface area (Å²) in [5.74, 6) is -1.07. The van der Waals surface area contributed by atoms with Crippen LogP contribution in [0.4, 0.5) is 5.69 Å². The van der Waals surface area contributed by atoms with Crippen LogP contribution < -0.4 is 11.1 Å². The van der Waals surface area contributed by atoms with Crippen molar-refractivity contribution in [2.45, 2.75) is 11.8 Å². The second kappa shape index (κ2) is 8.09. The number of anilines is 1. The van der Waals surface area contributed by atoms with Crippen molar-refractivity contribution in [3.63, 3.8) is 0 Å². The fourth-order valence-corrected chi connectivity index (χ4v) is 4.42. The van der Waals surface area contributed by atoms with E-state index in [1.54, 1.807) is 25.1 Å². The zero-order chi connectivity index (χ0) is 20.3. The topological polar surface area (TPSA) is 119 Å². The summed E-state index contributed by atoms with van der Waals surface area (Å²) in [6.45, 7) is 2.91. The molecule has 0 radical (unpaired) electrons. The number of ether oxygens (including phenoxy) is 1. The summed E-state index contributed by atoms with van der Waals surface area (Å²) in [6, 6.07) is 10.7. The number of nitrogens with two attached hydrogens (primary N) is 1. The van der Waals surface area contributed by atoms with Gasteiger partial charge < -0.3 is 15.8 Å². The maximum Gasteiger partial charge on any atom is 0.255 e. The van der Waals surface area contributed by atoms with Crippen LogP contribution in [0.15, 0.2) is 47.4 Å². The first-order chi connectivity index (χ1) is 13.3. The predicted molar refractivity (Wildman–Crippen MR) is 104 cm³/mol. The Morgan fingerprint density at radius 1 is 1.11 bits per heavy atom. The summed E-state index contributed by atoms with van der Waals surface area (Å²) >= 11 is 0. The van der Waals surface area contributed by atoms with Crippen LogP contribution in [0.5, 0.6) is 0 Å². The van der Waals surface area contributed by atoms with Gasteiger partial charge in [0.15, 0.2) is 0 Å². The van der Waals surface area contributed by atoms with E-state index in [1.807, 2.05) is 0 Å². The van der Waals surface area contributed by atoms with Crippen LogP contribution in [0.2, 0.25) is 0 Å². The van der Waals surface area contributed by atoms with Gasteiger partial charge in [-0.2, -0.15) is 4.31 Å². The Morgan fingerprint density at radius 2 is 1.79 bits per heavy atom. The summed E-state index contributed by atoms with van der Waals surface area (Å²) in [7, 11) is -3.70. The SMILES string of the molecule is Cc1c(NC(=O)c2cccc(S(=O)(=O)N3CCOCC3)c2)cccc1C(N)=O. The lowest BCUT2D eigenvalue weighted by atomic mass is 10.1. The lowest BCUT2D eigenvalue weighted by molar-refractivity contribution is 0.0730. The molecule has 1 fully saturated rings. The van der Waals surface area contributed by atoms with Crippen molar-refractivity contribution in [2.24, 2.45) is 5.73 Å². The summed E-state index contributed by atoms with van der Waals surface area (Å²) in [6.07, 6.45) is 0. The highest BCUT2D eigenvalue weighted by Gasteiger charge is 2.27. The summed E-state index contributed by atoms with van der Waals surface area (Å²) in [5, 5.41) is 2.70. The largest absolute Gasteiger partial charge is 0.379 e. The first-order valence-electron chi connectivity index (χ1n) is 8.69. The number of sulfonamides is 1. The molecule has 2 aromatic rings. The van der Waals surface area contributed by atoms with E-state index in [0.29, 0.717) is 30.0 Å². The van der Waals surface area contributed by atoms with E-state index < -0.39 is 21.8 Å². The van der Waals surface area contributed by atoms with Crippen LogP contribution in [0.25, 0.3) is 0 Å². The standard InChI is InChI=1S/C19H21N3O5S/c1-13-16(18(20)23)6-3-7-17(13)21-19(24)14-4-2-5-15(12-14)28(25,26)22-8-10-27-11-9-22/h2-7,12H,8-11H2,1H3,(H2,20,23)(H,21,24). The Labute approximate surface area is 163 Å². The van der Waals surface area contributed by atoms with Crippen molar-refractivity contribution in [2.75, 3.05) is 31.6 Å². The molecule has 0 aliphatic carbocycles. The Bertz CT molecular complexity index is 1010. The third-order valence-electron chi connectivity index (χ3n) is 4.55. The molecule has 1 heterocycles. The lowest BCUT2D eigenvalue weighted by Crippen LogP contribution is -2.40. The van der Waals surface area contributed by atoms with Crippen LogP contribution in [0.3, 0.4) is 0 Å². The second-order valence-electron chi connectivity index (χ2n) is 6.34. The van der Waals surface area contributed by atoms with E-state index in [1.165, 1.54) is 28.6 Å². The number of benzene rings is 2. The van der Waals surface area contributed by atoms with Gasteiger partial charge in [0.2, 0.25) is 15.9 Å². The third-order valence-corrected chi connectivity index (χ3v) is 6.45. The number of amides is 2. The van der Waals surface area contributed by atoms with Gasteiger partial charge in [-0.25, -0.2) is 8.42 Å². The zero-order valence-electron chi connectivity index (χ0n) is 15.3. The van der Waals surface area contributed by atoms with Gasteiger partial charge >= 0.3 is 0 Å². The highest BCUT2D eigenvalue weighted by molar-refractivity contribution is 7.89. The Kier molecular flexibility index (Phi) is 5.78. The van der Waals surface area contributed by atoms with Gasteiger partial charge in [0.05, 0.1) is 18.1 Å². The maximum absolute atomic E-state index is 12.8. The highest BCUT2D eigenvalue weighted by Crippen LogP contribution is 2.22. The van der Waals surface area contributed by atoms with Crippen LogP contribution in [0, 0.1) is 6.92 Å². The molecule has 2 aromatic carbocycles. The molecule has 0 aromatic heterocycles. The van der Waals surface area contributed by atoms with Crippen LogP contribution in [0.1, 0.15) is 26.3 Å². The van der Waals surface area contributed by atoms with Gasteiger partial charge in [0.25, 0.3) is 5.91 Å². The van der Waals surface area contributed by atoms with Crippen molar-refractivity contribution in [1.29, 1.82) is 0 Å². The minimum atomic E-state index is -3.70. The number of morpholine rings is 1. The number of hydrogen-bond acceptors (Lipinski definition) is 5. The summed E-state index contributed by atoms with van der Waals surface area (Å²) < 4.78 is 32.1. The van der Waals surface area contributed by atoms with E-state index in [4.69, 9.17) is 10.5 Å². The smallest absolute Gasteiger partial charge is 0.255 e. The van der Waals surface area contributed by atoms with Gasteiger partial charge in [-0.1, -0.05) is 12.1 Å². The van der Waals surface area contributed by atoms with Crippen LogP contribution in [-0.2, 0) is 14.8 Å². The number of nitrogens with one attached hydrogen (secondary N) is 1. The molecule has 3 rings (SSSR count). The highest BCUT2D eigenvalue weighted by atomic mass is 32.2. The molecule has 0 spiro atoms. The molecule has 1 saturated heterocycles. The van der Waals surface area contributed by atoms with Crippen molar-refractivity contribution in [3.8, 4) is 0 Å². The van der Waals surface area contributed by atoms with E-state index in [2.05, 4.69) is 5.32 Å². The van der Waals surface area contributed by atoms with E-state index in [9.17, 15) is 18.0 Å². The average molecular weight is 403 g/mol. The number of carbonyl (C=O) groups excluding carboxylic acids is 2. The van der Waals surface area contributed by atoms with E-state index >= 15 is 0 Å². The molecule has 1 aliphatic rings. The quantitative estimate of drug-likeness (QED) is 0.781. The van der Waals surface area contributed by atoms with Gasteiger partial charge in [0, 0.05) is 29.9 Å². The molecule has 0 bridgehead atoms. The molecule has 3 N–H and O–H groups in total. The second-order valence-corrected chi connectivity index (χ2v) is 8.28. The first kappa shape index (κ1) is 20.0. The molecule has 0 unspecified atom stereocenters. The Balaban J connectivity index is 1.85. The van der Waals surface area contributed by atoms with Crippen molar-refractivity contribution < 1.29 is 22.7 Å². The third kappa shape index (κ3) is 4.06. The molecule has 0 saturated carbocycles. The lowest BCUT2D eigenvalue weighted by Gasteiger charge is -2.26. The van der Waals surface area contributed by atoms with Crippen molar-refractivity contribution in [3.05, 3.63) is 59.2 Å². The van der Waals surface area contributed by atoms with Crippen molar-refractivity contribution in [1.82, 2.24) is 4.31 Å². The monoisotopic (exact) mass is 403 g/mol. The molecule has 9 heteroatoms. The van der Waals surface area contributed by atoms with Crippen LogP contribution in [-0.4, -0.2) is 50.8 Å². The number of primary amides is 1. The fraction of sp³-hybridized carbons (Fsp3) is 0.263. The fourth-order valence-electron chi connectivity index (χ4n) is 2.97. The molecular weight excluding hydrogens is 382 g/mol. The molecule has 148 valence electrons.